The highest BCUT2D eigenvalue weighted by Gasteiger charge is 2.22. The van der Waals surface area contributed by atoms with Crippen molar-refractivity contribution >= 4 is 33.3 Å². The predicted molar refractivity (Wildman–Crippen MR) is 109 cm³/mol. The number of ether oxygens (including phenoxy) is 2. The number of nitrogens with one attached hydrogen (secondary N) is 1. The molecule has 4 rings (SSSR count). The molecule has 0 saturated heterocycles. The lowest BCUT2D eigenvalue weighted by Crippen LogP contribution is -2.19. The first-order valence-corrected chi connectivity index (χ1v) is 9.52. The molecule has 1 heterocycles. The molecule has 0 fully saturated rings. The lowest BCUT2D eigenvalue weighted by atomic mass is 10.0. The molecule has 28 heavy (non-hydrogen) atoms. The summed E-state index contributed by atoms with van der Waals surface area (Å²) in [6.45, 7) is 0.825. The fraction of sp³-hybridized carbons (Fsp3) is 0.0909. The number of carbonyl (C=O) groups is 2. The molecule has 0 unspecified atom stereocenters. The monoisotopic (exact) mass is 437 g/mol. The minimum atomic E-state index is -0.328. The number of ketones is 1. The molecular formula is C22H16BrNO4. The Morgan fingerprint density at radius 1 is 0.821 bits per heavy atom. The molecule has 0 atom stereocenters. The maximum absolute atomic E-state index is 13.1. The number of amides is 1. The normalized spacial score (nSPS) is 12.3. The van der Waals surface area contributed by atoms with Crippen LogP contribution in [-0.4, -0.2) is 24.9 Å². The molecule has 1 N–H and O–H groups in total. The largest absolute Gasteiger partial charge is 0.486 e. The Balaban J connectivity index is 1.75. The fourth-order valence-electron chi connectivity index (χ4n) is 2.96. The molecule has 0 aromatic heterocycles. The number of anilines is 1. The maximum atomic E-state index is 13.1. The van der Waals surface area contributed by atoms with Crippen molar-refractivity contribution in [2.45, 2.75) is 0 Å². The first kappa shape index (κ1) is 18.3. The Labute approximate surface area is 170 Å². The summed E-state index contributed by atoms with van der Waals surface area (Å²) in [5, 5.41) is 2.84. The van der Waals surface area contributed by atoms with Gasteiger partial charge in [0.1, 0.15) is 13.2 Å². The van der Waals surface area contributed by atoms with Gasteiger partial charge in [-0.05, 0) is 34.1 Å². The molecule has 140 valence electrons. The highest BCUT2D eigenvalue weighted by atomic mass is 79.9. The van der Waals surface area contributed by atoms with Crippen LogP contribution in [0.4, 0.5) is 5.69 Å². The molecule has 0 saturated carbocycles. The first-order valence-electron chi connectivity index (χ1n) is 8.73. The molecule has 6 heteroatoms. The second kappa shape index (κ2) is 7.86. The molecule has 3 aromatic carbocycles. The summed E-state index contributed by atoms with van der Waals surface area (Å²) in [4.78, 5) is 25.9. The van der Waals surface area contributed by atoms with Gasteiger partial charge in [-0.25, -0.2) is 0 Å². The smallest absolute Gasteiger partial charge is 0.256 e. The van der Waals surface area contributed by atoms with Gasteiger partial charge in [-0.15, -0.1) is 0 Å². The van der Waals surface area contributed by atoms with Gasteiger partial charge in [0.05, 0.1) is 16.8 Å². The van der Waals surface area contributed by atoms with Crippen LogP contribution in [0.5, 0.6) is 11.5 Å². The third kappa shape index (κ3) is 3.64. The van der Waals surface area contributed by atoms with Gasteiger partial charge < -0.3 is 14.8 Å². The SMILES string of the molecule is O=C(Nc1cc2c(cc1C(=O)c1ccccc1)OCCO2)c1ccccc1Br. The van der Waals surface area contributed by atoms with E-state index in [0.717, 1.165) is 0 Å². The first-order chi connectivity index (χ1) is 13.6. The van der Waals surface area contributed by atoms with Crippen molar-refractivity contribution in [3.63, 3.8) is 0 Å². The van der Waals surface area contributed by atoms with E-state index in [1.165, 1.54) is 0 Å². The second-order valence-electron chi connectivity index (χ2n) is 6.17. The van der Waals surface area contributed by atoms with Crippen LogP contribution in [0, 0.1) is 0 Å². The number of carbonyl (C=O) groups excluding carboxylic acids is 2. The standard InChI is InChI=1S/C22H16BrNO4/c23-17-9-5-4-8-15(17)22(26)24-18-13-20-19(27-10-11-28-20)12-16(18)21(25)14-6-2-1-3-7-14/h1-9,12-13H,10-11H2,(H,24,26). The van der Waals surface area contributed by atoms with Crippen molar-refractivity contribution in [3.8, 4) is 11.5 Å². The van der Waals surface area contributed by atoms with Crippen LogP contribution in [0.2, 0.25) is 0 Å². The van der Waals surface area contributed by atoms with E-state index in [-0.39, 0.29) is 11.7 Å². The molecular weight excluding hydrogens is 422 g/mol. The lowest BCUT2D eigenvalue weighted by molar-refractivity contribution is 0.102. The van der Waals surface area contributed by atoms with E-state index in [1.54, 1.807) is 54.6 Å². The van der Waals surface area contributed by atoms with Crippen molar-refractivity contribution in [3.05, 3.63) is 87.9 Å². The van der Waals surface area contributed by atoms with Crippen LogP contribution in [-0.2, 0) is 0 Å². The molecule has 1 amide bonds. The van der Waals surface area contributed by atoms with Crippen LogP contribution >= 0.6 is 15.9 Å². The minimum Gasteiger partial charge on any atom is -0.486 e. The van der Waals surface area contributed by atoms with E-state index in [0.29, 0.717) is 51.6 Å². The van der Waals surface area contributed by atoms with Crippen molar-refractivity contribution in [1.29, 1.82) is 0 Å². The van der Waals surface area contributed by atoms with E-state index in [2.05, 4.69) is 21.2 Å². The second-order valence-corrected chi connectivity index (χ2v) is 7.02. The van der Waals surface area contributed by atoms with Gasteiger partial charge >= 0.3 is 0 Å². The summed E-state index contributed by atoms with van der Waals surface area (Å²) >= 11 is 3.38. The van der Waals surface area contributed by atoms with E-state index in [1.807, 2.05) is 12.1 Å². The zero-order chi connectivity index (χ0) is 19.5. The number of halogens is 1. The highest BCUT2D eigenvalue weighted by Crippen LogP contribution is 2.37. The average Bonchev–Trinajstić information content (AvgIpc) is 2.73. The Bertz CT molecular complexity index is 1050. The summed E-state index contributed by atoms with van der Waals surface area (Å²) < 4.78 is 11.9. The van der Waals surface area contributed by atoms with E-state index in [9.17, 15) is 9.59 Å². The summed E-state index contributed by atoms with van der Waals surface area (Å²) in [5.41, 5.74) is 1.71. The Morgan fingerprint density at radius 2 is 1.46 bits per heavy atom. The Kier molecular flexibility index (Phi) is 5.12. The van der Waals surface area contributed by atoms with E-state index < -0.39 is 0 Å². The molecule has 0 spiro atoms. The third-order valence-corrected chi connectivity index (χ3v) is 5.02. The number of fused-ring (bicyclic) bond motifs is 1. The topological polar surface area (TPSA) is 64.6 Å². The Hall–Kier alpha value is -3.12. The Morgan fingerprint density at radius 3 is 2.18 bits per heavy atom. The molecule has 3 aromatic rings. The number of benzene rings is 3. The summed E-state index contributed by atoms with van der Waals surface area (Å²) in [6, 6.07) is 19.3. The van der Waals surface area contributed by atoms with Crippen LogP contribution in [0.1, 0.15) is 26.3 Å². The van der Waals surface area contributed by atoms with E-state index in [4.69, 9.17) is 9.47 Å². The zero-order valence-corrected chi connectivity index (χ0v) is 16.4. The van der Waals surface area contributed by atoms with Gasteiger partial charge in [-0.1, -0.05) is 42.5 Å². The summed E-state index contributed by atoms with van der Waals surface area (Å²) in [5.74, 6) is 0.453. The summed E-state index contributed by atoms with van der Waals surface area (Å²) in [7, 11) is 0. The van der Waals surface area contributed by atoms with Gasteiger partial charge in [-0.3, -0.25) is 9.59 Å². The quantitative estimate of drug-likeness (QED) is 0.600. The van der Waals surface area contributed by atoms with E-state index >= 15 is 0 Å². The molecule has 1 aliphatic rings. The fourth-order valence-corrected chi connectivity index (χ4v) is 3.42. The predicted octanol–water partition coefficient (Wildman–Crippen LogP) is 4.70. The van der Waals surface area contributed by atoms with Gasteiger partial charge in [0.15, 0.2) is 17.3 Å². The van der Waals surface area contributed by atoms with Crippen LogP contribution in [0.25, 0.3) is 0 Å². The average molecular weight is 438 g/mol. The minimum absolute atomic E-state index is 0.208. The van der Waals surface area contributed by atoms with Crippen LogP contribution < -0.4 is 14.8 Å². The van der Waals surface area contributed by atoms with Crippen molar-refractivity contribution in [2.75, 3.05) is 18.5 Å². The van der Waals surface area contributed by atoms with Gasteiger partial charge in [-0.2, -0.15) is 0 Å². The van der Waals surface area contributed by atoms with Crippen molar-refractivity contribution in [2.24, 2.45) is 0 Å². The number of hydrogen-bond acceptors (Lipinski definition) is 4. The highest BCUT2D eigenvalue weighted by molar-refractivity contribution is 9.10. The van der Waals surface area contributed by atoms with Crippen LogP contribution in [0.3, 0.4) is 0 Å². The zero-order valence-electron chi connectivity index (χ0n) is 14.8. The molecule has 0 radical (unpaired) electrons. The van der Waals surface area contributed by atoms with Gasteiger partial charge in [0.2, 0.25) is 0 Å². The molecule has 0 bridgehead atoms. The lowest BCUT2D eigenvalue weighted by Gasteiger charge is -2.21. The third-order valence-electron chi connectivity index (χ3n) is 4.33. The summed E-state index contributed by atoms with van der Waals surface area (Å²) in [6.07, 6.45) is 0. The maximum Gasteiger partial charge on any atom is 0.256 e. The van der Waals surface area contributed by atoms with Crippen molar-refractivity contribution < 1.29 is 19.1 Å². The molecule has 1 aliphatic heterocycles. The van der Waals surface area contributed by atoms with Crippen molar-refractivity contribution in [1.82, 2.24) is 0 Å². The molecule has 0 aliphatic carbocycles. The van der Waals surface area contributed by atoms with Gasteiger partial charge in [0, 0.05) is 16.1 Å². The number of rotatable bonds is 4. The van der Waals surface area contributed by atoms with Gasteiger partial charge in [0.25, 0.3) is 5.91 Å². The number of hydrogen-bond donors (Lipinski definition) is 1. The van der Waals surface area contributed by atoms with Crippen LogP contribution in [0.15, 0.2) is 71.2 Å². The molecule has 5 nitrogen and oxygen atoms in total.